The molecule has 1 saturated carbocycles. The highest BCUT2D eigenvalue weighted by atomic mass is 79.9. The number of aliphatic hydroxyl groups is 1. The van der Waals surface area contributed by atoms with Crippen molar-refractivity contribution in [3.05, 3.63) is 58.3 Å². The maximum absolute atomic E-state index is 11.8. The van der Waals surface area contributed by atoms with Crippen LogP contribution in [0, 0.1) is 5.92 Å². The van der Waals surface area contributed by atoms with E-state index >= 15 is 0 Å². The second-order valence-corrected chi connectivity index (χ2v) is 8.68. The molecular weight excluding hydrogens is 460 g/mol. The Labute approximate surface area is 189 Å². The molecule has 162 valence electrons. The standard InChI is InChI=1S/C23H25BrN4O3/c1-31-21(30)10-9-19-23(26-13-20(29)14-5-6-14)28-17-8-7-15(24)12-16(17)22(27-19)18-4-2-3-11-25-18/h2-4,7-8,11-12,14,19-20,29H,5-6,9-10,13H2,1H3,(H,26,28)/t19-,20?/m0/s1. The summed E-state index contributed by atoms with van der Waals surface area (Å²) in [5, 5.41) is 13.7. The van der Waals surface area contributed by atoms with Crippen LogP contribution in [0.1, 0.15) is 36.9 Å². The van der Waals surface area contributed by atoms with Gasteiger partial charge in [0.15, 0.2) is 0 Å². The van der Waals surface area contributed by atoms with Crippen LogP contribution in [0.4, 0.5) is 5.69 Å². The first-order valence-corrected chi connectivity index (χ1v) is 11.2. The Morgan fingerprint density at radius 1 is 1.32 bits per heavy atom. The zero-order valence-electron chi connectivity index (χ0n) is 17.3. The summed E-state index contributed by atoms with van der Waals surface area (Å²) in [6, 6.07) is 11.1. The number of nitrogens with zero attached hydrogens (tertiary/aromatic N) is 3. The molecule has 0 amide bonds. The first-order chi connectivity index (χ1) is 15.0. The molecule has 0 saturated heterocycles. The Hall–Kier alpha value is -2.58. The minimum atomic E-state index is -0.421. The summed E-state index contributed by atoms with van der Waals surface area (Å²) in [7, 11) is 1.38. The van der Waals surface area contributed by atoms with Gasteiger partial charge in [-0.15, -0.1) is 0 Å². The minimum Gasteiger partial charge on any atom is -0.469 e. The van der Waals surface area contributed by atoms with Gasteiger partial charge < -0.3 is 15.2 Å². The lowest BCUT2D eigenvalue weighted by molar-refractivity contribution is -0.140. The molecule has 2 heterocycles. The number of amidine groups is 1. The number of hydrogen-bond acceptors (Lipinski definition) is 7. The second kappa shape index (κ2) is 9.70. The number of aliphatic imine (C=N–C) groups is 2. The summed E-state index contributed by atoms with van der Waals surface area (Å²) in [6.45, 7) is 0.401. The normalized spacial score (nSPS) is 18.9. The zero-order chi connectivity index (χ0) is 21.8. The molecular formula is C23H25BrN4O3. The number of halogens is 1. The van der Waals surface area contributed by atoms with E-state index in [4.69, 9.17) is 14.7 Å². The van der Waals surface area contributed by atoms with Gasteiger partial charge in [-0.2, -0.15) is 0 Å². The number of carbonyl (C=O) groups excluding carboxylic acids is 1. The molecule has 8 heteroatoms. The first-order valence-electron chi connectivity index (χ1n) is 10.4. The van der Waals surface area contributed by atoms with Crippen molar-refractivity contribution in [2.24, 2.45) is 15.9 Å². The topological polar surface area (TPSA) is 96.2 Å². The lowest BCUT2D eigenvalue weighted by Crippen LogP contribution is -2.39. The highest BCUT2D eigenvalue weighted by molar-refractivity contribution is 9.10. The van der Waals surface area contributed by atoms with Gasteiger partial charge in [0.1, 0.15) is 11.9 Å². The average molecular weight is 485 g/mol. The smallest absolute Gasteiger partial charge is 0.305 e. The van der Waals surface area contributed by atoms with E-state index in [1.165, 1.54) is 7.11 Å². The highest BCUT2D eigenvalue weighted by Gasteiger charge is 2.31. The van der Waals surface area contributed by atoms with Gasteiger partial charge >= 0.3 is 5.97 Å². The Morgan fingerprint density at radius 2 is 2.16 bits per heavy atom. The number of fused-ring (bicyclic) bond motifs is 1. The molecule has 0 radical (unpaired) electrons. The molecule has 4 rings (SSSR count). The first kappa shape index (κ1) is 21.6. The molecule has 1 aromatic heterocycles. The van der Waals surface area contributed by atoms with Crippen LogP contribution in [0.5, 0.6) is 0 Å². The quantitative estimate of drug-likeness (QED) is 0.587. The van der Waals surface area contributed by atoms with Gasteiger partial charge in [0.25, 0.3) is 0 Å². The number of pyridine rings is 1. The van der Waals surface area contributed by atoms with Crippen molar-refractivity contribution in [1.29, 1.82) is 0 Å². The summed E-state index contributed by atoms with van der Waals surface area (Å²) in [4.78, 5) is 26.2. The number of carbonyl (C=O) groups is 1. The van der Waals surface area contributed by atoms with E-state index in [1.807, 2.05) is 36.4 Å². The predicted octanol–water partition coefficient (Wildman–Crippen LogP) is 3.41. The summed E-state index contributed by atoms with van der Waals surface area (Å²) < 4.78 is 5.74. The number of benzene rings is 1. The number of nitrogens with one attached hydrogen (secondary N) is 1. The van der Waals surface area contributed by atoms with Crippen molar-refractivity contribution in [3.63, 3.8) is 0 Å². The molecule has 1 aliphatic carbocycles. The Morgan fingerprint density at radius 3 is 2.87 bits per heavy atom. The molecule has 0 bridgehead atoms. The molecule has 2 atom stereocenters. The molecule has 2 aliphatic rings. The lowest BCUT2D eigenvalue weighted by atomic mass is 10.0. The van der Waals surface area contributed by atoms with Gasteiger partial charge in [0.2, 0.25) is 0 Å². The number of aromatic nitrogens is 1. The van der Waals surface area contributed by atoms with Crippen molar-refractivity contribution in [3.8, 4) is 0 Å². The van der Waals surface area contributed by atoms with E-state index in [0.29, 0.717) is 24.7 Å². The average Bonchev–Trinajstić information content (AvgIpc) is 3.64. The number of methoxy groups -OCH3 is 1. The third-order valence-electron chi connectivity index (χ3n) is 5.47. The maximum Gasteiger partial charge on any atom is 0.305 e. The minimum absolute atomic E-state index is 0.214. The molecule has 31 heavy (non-hydrogen) atoms. The van der Waals surface area contributed by atoms with Crippen molar-refractivity contribution in [2.45, 2.75) is 37.8 Å². The second-order valence-electron chi connectivity index (χ2n) is 7.77. The third kappa shape index (κ3) is 5.37. The Balaban J connectivity index is 1.73. The lowest BCUT2D eigenvalue weighted by Gasteiger charge is -2.18. The van der Waals surface area contributed by atoms with E-state index in [1.54, 1.807) is 6.20 Å². The van der Waals surface area contributed by atoms with E-state index in [-0.39, 0.29) is 12.4 Å². The number of ether oxygens (including phenoxy) is 1. The summed E-state index contributed by atoms with van der Waals surface area (Å²) in [5.41, 5.74) is 3.07. The van der Waals surface area contributed by atoms with Gasteiger partial charge in [-0.05, 0) is 55.5 Å². The van der Waals surface area contributed by atoms with Crippen LogP contribution in [-0.2, 0) is 9.53 Å². The molecule has 0 spiro atoms. The maximum atomic E-state index is 11.8. The fourth-order valence-electron chi connectivity index (χ4n) is 3.57. The predicted molar refractivity (Wildman–Crippen MR) is 123 cm³/mol. The summed E-state index contributed by atoms with van der Waals surface area (Å²) in [6.07, 6.45) is 4.07. The SMILES string of the molecule is COC(=O)CC[C@@H]1N=C(c2ccccn2)c2cc(Br)ccc2N=C1NCC(O)C1CC1. The molecule has 1 aliphatic heterocycles. The number of esters is 1. The number of rotatable bonds is 7. The summed E-state index contributed by atoms with van der Waals surface area (Å²) >= 11 is 3.54. The number of aliphatic hydroxyl groups excluding tert-OH is 1. The van der Waals surface area contributed by atoms with Crippen molar-refractivity contribution < 1.29 is 14.6 Å². The van der Waals surface area contributed by atoms with Gasteiger partial charge in [0, 0.05) is 29.2 Å². The fourth-order valence-corrected chi connectivity index (χ4v) is 3.93. The third-order valence-corrected chi connectivity index (χ3v) is 5.96. The monoisotopic (exact) mass is 484 g/mol. The molecule has 7 nitrogen and oxygen atoms in total. The van der Waals surface area contributed by atoms with Crippen LogP contribution in [0.2, 0.25) is 0 Å². The van der Waals surface area contributed by atoms with Crippen LogP contribution in [-0.4, -0.2) is 53.4 Å². The van der Waals surface area contributed by atoms with E-state index in [0.717, 1.165) is 40.0 Å². The van der Waals surface area contributed by atoms with Gasteiger partial charge in [0.05, 0.1) is 30.3 Å². The Bertz CT molecular complexity index is 1010. The van der Waals surface area contributed by atoms with Crippen molar-refractivity contribution in [1.82, 2.24) is 10.3 Å². The van der Waals surface area contributed by atoms with Crippen molar-refractivity contribution >= 4 is 39.1 Å². The zero-order valence-corrected chi connectivity index (χ0v) is 18.9. The molecule has 2 N–H and O–H groups in total. The highest BCUT2D eigenvalue weighted by Crippen LogP contribution is 2.33. The van der Waals surface area contributed by atoms with Crippen molar-refractivity contribution in [2.75, 3.05) is 13.7 Å². The van der Waals surface area contributed by atoms with Crippen LogP contribution in [0.25, 0.3) is 0 Å². The van der Waals surface area contributed by atoms with Gasteiger partial charge in [-0.25, -0.2) is 4.99 Å². The number of hydrogen-bond donors (Lipinski definition) is 2. The summed E-state index contributed by atoms with van der Waals surface area (Å²) in [5.74, 6) is 0.692. The molecule has 1 unspecified atom stereocenters. The van der Waals surface area contributed by atoms with Crippen LogP contribution in [0.3, 0.4) is 0 Å². The van der Waals surface area contributed by atoms with Crippen LogP contribution < -0.4 is 5.32 Å². The Kier molecular flexibility index (Phi) is 6.77. The molecule has 1 aromatic carbocycles. The largest absolute Gasteiger partial charge is 0.469 e. The molecule has 2 aromatic rings. The molecule has 1 fully saturated rings. The van der Waals surface area contributed by atoms with E-state index in [9.17, 15) is 9.90 Å². The van der Waals surface area contributed by atoms with Crippen LogP contribution >= 0.6 is 15.9 Å². The fraction of sp³-hybridized carbons (Fsp3) is 0.391. The van der Waals surface area contributed by atoms with Gasteiger partial charge in [-0.1, -0.05) is 22.0 Å². The van der Waals surface area contributed by atoms with E-state index in [2.05, 4.69) is 26.2 Å². The van der Waals surface area contributed by atoms with E-state index < -0.39 is 12.1 Å². The van der Waals surface area contributed by atoms with Crippen LogP contribution in [0.15, 0.2) is 57.1 Å². The van der Waals surface area contributed by atoms with Gasteiger partial charge in [-0.3, -0.25) is 14.8 Å².